The summed E-state index contributed by atoms with van der Waals surface area (Å²) in [7, 11) is -4.38. The van der Waals surface area contributed by atoms with E-state index >= 15 is 0 Å². The number of piperazine rings is 1. The minimum atomic E-state index is -4.69. The molecule has 9 nitrogen and oxygen atoms in total. The highest BCUT2D eigenvalue weighted by atomic mass is 32.2. The maximum Gasteiger partial charge on any atom is 0.416 e. The maximum absolute atomic E-state index is 12.9. The summed E-state index contributed by atoms with van der Waals surface area (Å²) in [6.07, 6.45) is -4.31. The summed E-state index contributed by atoms with van der Waals surface area (Å²) in [4.78, 5) is 17.6. The molecule has 0 aromatic heterocycles. The normalized spacial score (nSPS) is 16.2. The van der Waals surface area contributed by atoms with Crippen LogP contribution < -0.4 is 21.5 Å². The molecule has 2 rings (SSSR count). The molecule has 0 bridgehead atoms. The summed E-state index contributed by atoms with van der Waals surface area (Å²) in [5.74, 6) is -0.582. The van der Waals surface area contributed by atoms with Crippen molar-refractivity contribution in [2.24, 2.45) is 16.5 Å². The number of benzene rings is 1. The number of hydrogen-bond acceptors (Lipinski definition) is 5. The van der Waals surface area contributed by atoms with Crippen LogP contribution in [0.2, 0.25) is 0 Å². The Morgan fingerprint density at radius 1 is 1.27 bits per heavy atom. The van der Waals surface area contributed by atoms with Crippen LogP contribution in [0, 0.1) is 0 Å². The van der Waals surface area contributed by atoms with Crippen molar-refractivity contribution in [3.63, 3.8) is 0 Å². The van der Waals surface area contributed by atoms with Gasteiger partial charge in [0.15, 0.2) is 5.96 Å². The highest BCUT2D eigenvalue weighted by Gasteiger charge is 2.33. The van der Waals surface area contributed by atoms with Gasteiger partial charge in [0, 0.05) is 32.7 Å². The lowest BCUT2D eigenvalue weighted by molar-refractivity contribution is -0.137. The maximum atomic E-state index is 12.9. The molecule has 1 saturated heterocycles. The second-order valence-electron chi connectivity index (χ2n) is 6.72. The van der Waals surface area contributed by atoms with Gasteiger partial charge in [-0.25, -0.2) is 8.42 Å². The lowest BCUT2D eigenvalue weighted by Gasteiger charge is -2.31. The van der Waals surface area contributed by atoms with Crippen molar-refractivity contribution < 1.29 is 26.4 Å². The van der Waals surface area contributed by atoms with Crippen molar-refractivity contribution in [3.8, 4) is 0 Å². The van der Waals surface area contributed by atoms with E-state index in [1.54, 1.807) is 0 Å². The van der Waals surface area contributed by atoms with E-state index in [-0.39, 0.29) is 18.9 Å². The van der Waals surface area contributed by atoms with E-state index in [4.69, 9.17) is 11.5 Å². The average molecular weight is 450 g/mol. The third-order valence-corrected chi connectivity index (χ3v) is 5.91. The molecule has 1 atom stereocenters. The zero-order valence-electron chi connectivity index (χ0n) is 16.2. The summed E-state index contributed by atoms with van der Waals surface area (Å²) >= 11 is 0. The standard InChI is InChI=1S/C17H25F3N6O3S/c18-17(19,20)12-3-1-4-13(11-12)30(28,29)25-14(5-2-6-24-16(21)22)15(27)26-9-7-23-8-10-26/h1,3-4,11,14,23,25H,2,5-10H2,(H4,21,22,24)/t14-/m0/s1. The van der Waals surface area contributed by atoms with Gasteiger partial charge in [0.25, 0.3) is 0 Å². The number of halogens is 3. The fourth-order valence-corrected chi connectivity index (χ4v) is 4.21. The van der Waals surface area contributed by atoms with E-state index < -0.39 is 38.6 Å². The Kier molecular flexibility index (Phi) is 8.03. The van der Waals surface area contributed by atoms with Crippen molar-refractivity contribution >= 4 is 21.9 Å². The number of amides is 1. The zero-order valence-corrected chi connectivity index (χ0v) is 17.0. The third kappa shape index (κ3) is 6.85. The minimum absolute atomic E-state index is 0.0811. The Morgan fingerprint density at radius 3 is 2.53 bits per heavy atom. The Balaban J connectivity index is 2.22. The van der Waals surface area contributed by atoms with Crippen molar-refractivity contribution in [1.29, 1.82) is 0 Å². The Hall–Kier alpha value is -2.38. The van der Waals surface area contributed by atoms with Gasteiger partial charge < -0.3 is 21.7 Å². The first-order valence-electron chi connectivity index (χ1n) is 9.25. The van der Waals surface area contributed by atoms with Crippen LogP contribution in [-0.2, 0) is 21.0 Å². The molecule has 13 heteroatoms. The highest BCUT2D eigenvalue weighted by Crippen LogP contribution is 2.30. The molecule has 1 aliphatic heterocycles. The molecule has 0 unspecified atom stereocenters. The number of alkyl halides is 3. The first kappa shape index (κ1) is 23.9. The van der Waals surface area contributed by atoms with Crippen LogP contribution >= 0.6 is 0 Å². The topological polar surface area (TPSA) is 143 Å². The molecule has 168 valence electrons. The summed E-state index contributed by atoms with van der Waals surface area (Å²) < 4.78 is 66.5. The summed E-state index contributed by atoms with van der Waals surface area (Å²) in [6.45, 7) is 2.10. The predicted molar refractivity (Wildman–Crippen MR) is 105 cm³/mol. The summed E-state index contributed by atoms with van der Waals surface area (Å²) in [6, 6.07) is 2.20. The third-order valence-electron chi connectivity index (χ3n) is 4.44. The van der Waals surface area contributed by atoms with E-state index in [9.17, 15) is 26.4 Å². The smallest absolute Gasteiger partial charge is 0.370 e. The van der Waals surface area contributed by atoms with Gasteiger partial charge in [-0.3, -0.25) is 9.79 Å². The molecule has 30 heavy (non-hydrogen) atoms. The first-order chi connectivity index (χ1) is 14.0. The Morgan fingerprint density at radius 2 is 1.93 bits per heavy atom. The van der Waals surface area contributed by atoms with Crippen LogP contribution in [-0.4, -0.2) is 64.0 Å². The fourth-order valence-electron chi connectivity index (χ4n) is 2.94. The lowest BCUT2D eigenvalue weighted by atomic mass is 10.1. The van der Waals surface area contributed by atoms with E-state index in [0.29, 0.717) is 38.7 Å². The van der Waals surface area contributed by atoms with Crippen LogP contribution in [0.15, 0.2) is 34.2 Å². The number of nitrogens with two attached hydrogens (primary N) is 2. The van der Waals surface area contributed by atoms with Gasteiger partial charge in [0.1, 0.15) is 6.04 Å². The Bertz CT molecular complexity index is 866. The second kappa shape index (κ2) is 10.1. The highest BCUT2D eigenvalue weighted by molar-refractivity contribution is 7.89. The molecule has 1 amide bonds. The van der Waals surface area contributed by atoms with E-state index in [1.165, 1.54) is 4.90 Å². The summed E-state index contributed by atoms with van der Waals surface area (Å²) in [5, 5.41) is 3.08. The van der Waals surface area contributed by atoms with Crippen molar-refractivity contribution in [1.82, 2.24) is 14.9 Å². The van der Waals surface area contributed by atoms with Gasteiger partial charge >= 0.3 is 6.18 Å². The summed E-state index contributed by atoms with van der Waals surface area (Å²) in [5.41, 5.74) is 9.42. The molecule has 1 heterocycles. The van der Waals surface area contributed by atoms with Gasteiger partial charge in [0.05, 0.1) is 10.5 Å². The number of carbonyl (C=O) groups excluding carboxylic acids is 1. The number of aliphatic imine (C=N–C) groups is 1. The van der Waals surface area contributed by atoms with Crippen LogP contribution in [0.4, 0.5) is 13.2 Å². The number of guanidine groups is 1. The molecular formula is C17H25F3N6O3S. The number of nitrogens with one attached hydrogen (secondary N) is 2. The molecule has 1 aliphatic rings. The van der Waals surface area contributed by atoms with Gasteiger partial charge in [-0.05, 0) is 31.0 Å². The van der Waals surface area contributed by atoms with Crippen molar-refractivity contribution in [2.75, 3.05) is 32.7 Å². The number of carbonyl (C=O) groups is 1. The molecular weight excluding hydrogens is 425 g/mol. The van der Waals surface area contributed by atoms with Crippen LogP contribution in [0.25, 0.3) is 0 Å². The lowest BCUT2D eigenvalue weighted by Crippen LogP contribution is -2.54. The van der Waals surface area contributed by atoms with E-state index in [0.717, 1.165) is 18.2 Å². The number of hydrogen-bond donors (Lipinski definition) is 4. The molecule has 0 aliphatic carbocycles. The largest absolute Gasteiger partial charge is 0.416 e. The Labute approximate surface area is 172 Å². The van der Waals surface area contributed by atoms with E-state index in [1.807, 2.05) is 0 Å². The SMILES string of the molecule is NC(N)=NCCC[C@H](NS(=O)(=O)c1cccc(C(F)(F)F)c1)C(=O)N1CCNCC1. The van der Waals surface area contributed by atoms with Gasteiger partial charge in [-0.1, -0.05) is 6.07 Å². The van der Waals surface area contributed by atoms with Crippen LogP contribution in [0.1, 0.15) is 18.4 Å². The molecule has 0 spiro atoms. The van der Waals surface area contributed by atoms with Crippen molar-refractivity contribution in [3.05, 3.63) is 29.8 Å². The number of nitrogens with zero attached hydrogens (tertiary/aromatic N) is 2. The monoisotopic (exact) mass is 450 g/mol. The van der Waals surface area contributed by atoms with Crippen LogP contribution in [0.5, 0.6) is 0 Å². The number of rotatable bonds is 8. The van der Waals surface area contributed by atoms with Gasteiger partial charge in [0.2, 0.25) is 15.9 Å². The first-order valence-corrected chi connectivity index (χ1v) is 10.7. The predicted octanol–water partition coefficient (Wildman–Crippen LogP) is -0.162. The van der Waals surface area contributed by atoms with Crippen molar-refractivity contribution in [2.45, 2.75) is 30.0 Å². The van der Waals surface area contributed by atoms with E-state index in [2.05, 4.69) is 15.0 Å². The minimum Gasteiger partial charge on any atom is -0.370 e. The number of sulfonamides is 1. The second-order valence-corrected chi connectivity index (χ2v) is 8.44. The molecule has 6 N–H and O–H groups in total. The quantitative estimate of drug-likeness (QED) is 0.246. The fraction of sp³-hybridized carbons (Fsp3) is 0.529. The zero-order chi connectivity index (χ0) is 22.4. The molecule has 0 saturated carbocycles. The molecule has 1 aromatic carbocycles. The molecule has 1 aromatic rings. The molecule has 0 radical (unpaired) electrons. The molecule has 1 fully saturated rings. The average Bonchev–Trinajstić information content (AvgIpc) is 2.69. The van der Waals surface area contributed by atoms with Gasteiger partial charge in [-0.15, -0.1) is 0 Å². The van der Waals surface area contributed by atoms with Gasteiger partial charge in [-0.2, -0.15) is 17.9 Å². The van der Waals surface area contributed by atoms with Crippen LogP contribution in [0.3, 0.4) is 0 Å².